The molecule has 1 aromatic heterocycles. The van der Waals surface area contributed by atoms with E-state index >= 15 is 0 Å². The number of carbonyl (C=O) groups is 3. The first kappa shape index (κ1) is 18.9. The van der Waals surface area contributed by atoms with Crippen molar-refractivity contribution in [3.8, 4) is 0 Å². The van der Waals surface area contributed by atoms with Crippen LogP contribution in [0.4, 0.5) is 14.9 Å². The summed E-state index contributed by atoms with van der Waals surface area (Å²) in [5, 5.41) is 11.8. The monoisotopic (exact) mass is 403 g/mol. The van der Waals surface area contributed by atoms with Crippen molar-refractivity contribution >= 4 is 34.6 Å². The molecular formula is C19H18FN3O6. The molecular weight excluding hydrogens is 385 g/mol. The minimum absolute atomic E-state index is 0.0209. The zero-order valence-electron chi connectivity index (χ0n) is 15.5. The topological polar surface area (TPSA) is 118 Å². The summed E-state index contributed by atoms with van der Waals surface area (Å²) in [5.41, 5.74) is -0.906. The molecule has 9 nitrogen and oxygen atoms in total. The number of fused-ring (bicyclic) bond motifs is 1. The van der Waals surface area contributed by atoms with Gasteiger partial charge in [0.05, 0.1) is 24.3 Å². The zero-order chi connectivity index (χ0) is 20.9. The molecule has 2 amide bonds. The van der Waals surface area contributed by atoms with Gasteiger partial charge >= 0.3 is 12.1 Å². The van der Waals surface area contributed by atoms with E-state index in [0.717, 1.165) is 23.8 Å². The van der Waals surface area contributed by atoms with Gasteiger partial charge in [-0.3, -0.25) is 14.5 Å². The van der Waals surface area contributed by atoms with E-state index in [0.29, 0.717) is 5.52 Å². The van der Waals surface area contributed by atoms with Crippen molar-refractivity contribution in [3.05, 3.63) is 39.9 Å². The van der Waals surface area contributed by atoms with E-state index < -0.39 is 35.0 Å². The Morgan fingerprint density at radius 1 is 1.31 bits per heavy atom. The van der Waals surface area contributed by atoms with Crippen LogP contribution >= 0.6 is 0 Å². The molecule has 2 heterocycles. The number of rotatable bonds is 5. The van der Waals surface area contributed by atoms with Crippen LogP contribution in [-0.2, 0) is 9.53 Å². The molecule has 29 heavy (non-hydrogen) atoms. The molecule has 2 aromatic rings. The number of benzene rings is 1. The second kappa shape index (κ2) is 6.87. The number of halogens is 1. The van der Waals surface area contributed by atoms with E-state index in [2.05, 4.69) is 5.32 Å². The quantitative estimate of drug-likeness (QED) is 0.784. The second-order valence-electron chi connectivity index (χ2n) is 7.19. The highest BCUT2D eigenvalue weighted by atomic mass is 19.1. The highest BCUT2D eigenvalue weighted by molar-refractivity contribution is 5.96. The number of aromatic nitrogens is 1. The van der Waals surface area contributed by atoms with Gasteiger partial charge in [-0.2, -0.15) is 0 Å². The molecule has 152 valence electrons. The minimum Gasteiger partial charge on any atom is -0.477 e. The third-order valence-electron chi connectivity index (χ3n) is 5.01. The number of hydrogen-bond donors (Lipinski definition) is 2. The molecule has 0 radical (unpaired) electrons. The number of aromatic carboxylic acids is 1. The molecule has 1 aliphatic carbocycles. The predicted octanol–water partition coefficient (Wildman–Crippen LogP) is 1.64. The fraction of sp³-hybridized carbons (Fsp3) is 0.368. The smallest absolute Gasteiger partial charge is 0.414 e. The van der Waals surface area contributed by atoms with Crippen molar-refractivity contribution in [3.63, 3.8) is 0 Å². The summed E-state index contributed by atoms with van der Waals surface area (Å²) in [4.78, 5) is 48.3. The van der Waals surface area contributed by atoms with Crippen LogP contribution in [0.5, 0.6) is 0 Å². The van der Waals surface area contributed by atoms with E-state index in [1.165, 1.54) is 19.2 Å². The summed E-state index contributed by atoms with van der Waals surface area (Å²) >= 11 is 0. The van der Waals surface area contributed by atoms with Crippen LogP contribution in [-0.4, -0.2) is 46.8 Å². The third kappa shape index (κ3) is 3.41. The molecule has 1 saturated carbocycles. The highest BCUT2D eigenvalue weighted by Crippen LogP contribution is 2.38. The molecule has 2 fully saturated rings. The van der Waals surface area contributed by atoms with E-state index in [1.807, 2.05) is 0 Å². The molecule has 10 heteroatoms. The number of carboxylic acid groups (broad SMARTS) is 1. The van der Waals surface area contributed by atoms with Crippen LogP contribution in [0.1, 0.15) is 36.2 Å². The summed E-state index contributed by atoms with van der Waals surface area (Å²) in [7, 11) is 0. The maximum Gasteiger partial charge on any atom is 0.414 e. The Balaban J connectivity index is 1.78. The maximum atomic E-state index is 14.8. The van der Waals surface area contributed by atoms with Gasteiger partial charge in [-0.05, 0) is 25.0 Å². The molecule has 2 aliphatic rings. The molecule has 1 atom stereocenters. The second-order valence-corrected chi connectivity index (χ2v) is 7.19. The number of cyclic esters (lactones) is 1. The molecule has 0 spiro atoms. The summed E-state index contributed by atoms with van der Waals surface area (Å²) in [6.45, 7) is 1.46. The lowest BCUT2D eigenvalue weighted by atomic mass is 10.1. The number of amides is 2. The van der Waals surface area contributed by atoms with Gasteiger partial charge in [-0.25, -0.2) is 14.0 Å². The van der Waals surface area contributed by atoms with Crippen LogP contribution in [0.2, 0.25) is 0 Å². The van der Waals surface area contributed by atoms with Crippen molar-refractivity contribution in [1.82, 2.24) is 9.88 Å². The summed E-state index contributed by atoms with van der Waals surface area (Å²) in [6, 6.07) is 2.36. The van der Waals surface area contributed by atoms with Crippen LogP contribution in [0, 0.1) is 5.82 Å². The molecule has 0 unspecified atom stereocenters. The number of ether oxygens (including phenoxy) is 1. The number of carboxylic acids is 1. The van der Waals surface area contributed by atoms with Crippen LogP contribution in [0.3, 0.4) is 0 Å². The number of pyridine rings is 1. The Bertz CT molecular complexity index is 1110. The first-order valence-corrected chi connectivity index (χ1v) is 9.10. The average Bonchev–Trinajstić information content (AvgIpc) is 3.43. The number of carbonyl (C=O) groups excluding carboxylic acids is 2. The summed E-state index contributed by atoms with van der Waals surface area (Å²) < 4.78 is 21.7. The highest BCUT2D eigenvalue weighted by Gasteiger charge is 2.35. The first-order chi connectivity index (χ1) is 13.8. The molecule has 1 saturated heterocycles. The standard InChI is InChI=1S/C19H18FN3O6/c1-9(24)21-6-11-7-23(19(28)29-11)16-5-15-12(4-14(16)20)17(25)13(18(26)27)8-22(15)10-2-3-10/h4-5,8,10-11H,2-3,6-7H2,1H3,(H,21,24)(H,26,27)/t11-/m0/s1. The van der Waals surface area contributed by atoms with Crippen molar-refractivity contribution in [1.29, 1.82) is 0 Å². The zero-order valence-corrected chi connectivity index (χ0v) is 15.5. The number of nitrogens with zero attached hydrogens (tertiary/aromatic N) is 2. The van der Waals surface area contributed by atoms with Gasteiger partial charge in [0.1, 0.15) is 17.5 Å². The SMILES string of the molecule is CC(=O)NC[C@H]1CN(c2cc3c(cc2F)c(=O)c(C(=O)O)cn3C2CC2)C(=O)O1. The lowest BCUT2D eigenvalue weighted by Crippen LogP contribution is -2.33. The van der Waals surface area contributed by atoms with Crippen molar-refractivity contribution in [2.75, 3.05) is 18.0 Å². The van der Waals surface area contributed by atoms with Crippen LogP contribution < -0.4 is 15.6 Å². The number of nitrogens with one attached hydrogen (secondary N) is 1. The Morgan fingerprint density at radius 2 is 2.03 bits per heavy atom. The lowest BCUT2D eigenvalue weighted by molar-refractivity contribution is -0.119. The molecule has 1 aromatic carbocycles. The average molecular weight is 403 g/mol. The van der Waals surface area contributed by atoms with Crippen molar-refractivity contribution < 1.29 is 28.6 Å². The van der Waals surface area contributed by atoms with E-state index in [4.69, 9.17) is 4.74 Å². The Hall–Kier alpha value is -3.43. The van der Waals surface area contributed by atoms with Gasteiger partial charge in [0.2, 0.25) is 11.3 Å². The summed E-state index contributed by atoms with van der Waals surface area (Å²) in [6.07, 6.45) is 1.50. The Kier molecular flexibility index (Phi) is 4.48. The predicted molar refractivity (Wildman–Crippen MR) is 99.7 cm³/mol. The van der Waals surface area contributed by atoms with Crippen molar-refractivity contribution in [2.45, 2.75) is 31.9 Å². The Morgan fingerprint density at radius 3 is 2.66 bits per heavy atom. The van der Waals surface area contributed by atoms with Gasteiger partial charge in [0, 0.05) is 24.5 Å². The van der Waals surface area contributed by atoms with E-state index in [-0.39, 0.29) is 36.1 Å². The van der Waals surface area contributed by atoms with Crippen LogP contribution in [0.15, 0.2) is 23.1 Å². The largest absolute Gasteiger partial charge is 0.477 e. The third-order valence-corrected chi connectivity index (χ3v) is 5.01. The van der Waals surface area contributed by atoms with Crippen molar-refractivity contribution in [2.24, 2.45) is 0 Å². The Labute approximate surface area is 163 Å². The molecule has 0 bridgehead atoms. The van der Waals surface area contributed by atoms with E-state index in [1.54, 1.807) is 4.57 Å². The van der Waals surface area contributed by atoms with Gasteiger partial charge in [0.15, 0.2) is 0 Å². The van der Waals surface area contributed by atoms with Gasteiger partial charge in [0.25, 0.3) is 0 Å². The number of anilines is 1. The maximum absolute atomic E-state index is 14.8. The molecule has 2 N–H and O–H groups in total. The normalized spacial score (nSPS) is 18.8. The lowest BCUT2D eigenvalue weighted by Gasteiger charge is -2.17. The minimum atomic E-state index is -1.38. The van der Waals surface area contributed by atoms with Gasteiger partial charge < -0.3 is 19.7 Å². The first-order valence-electron chi connectivity index (χ1n) is 9.10. The van der Waals surface area contributed by atoms with Gasteiger partial charge in [-0.1, -0.05) is 0 Å². The van der Waals surface area contributed by atoms with Crippen LogP contribution in [0.25, 0.3) is 10.9 Å². The molecule has 1 aliphatic heterocycles. The fourth-order valence-corrected chi connectivity index (χ4v) is 3.45. The van der Waals surface area contributed by atoms with Gasteiger partial charge in [-0.15, -0.1) is 0 Å². The van der Waals surface area contributed by atoms with E-state index in [9.17, 15) is 28.7 Å². The number of hydrogen-bond acceptors (Lipinski definition) is 5. The fourth-order valence-electron chi connectivity index (χ4n) is 3.45. The molecule has 4 rings (SSSR count). The summed E-state index contributed by atoms with van der Waals surface area (Å²) in [5.74, 6) is -2.49.